The molecule has 1 aliphatic heterocycles. The van der Waals surface area contributed by atoms with Gasteiger partial charge in [0.05, 0.1) is 6.04 Å². The van der Waals surface area contributed by atoms with E-state index in [1.165, 1.54) is 0 Å². The van der Waals surface area contributed by atoms with Crippen LogP contribution in [-0.4, -0.2) is 65.6 Å². The molecule has 1 aromatic rings. The van der Waals surface area contributed by atoms with E-state index in [2.05, 4.69) is 20.1 Å². The summed E-state index contributed by atoms with van der Waals surface area (Å²) in [5.74, 6) is -0.334. The molecule has 2 rings (SSSR count). The van der Waals surface area contributed by atoms with E-state index in [4.69, 9.17) is 5.11 Å². The number of carboxylic acids is 1. The number of aromatic nitrogens is 1. The van der Waals surface area contributed by atoms with Crippen LogP contribution in [0.15, 0.2) is 24.4 Å². The lowest BCUT2D eigenvalue weighted by molar-refractivity contribution is -0.138. The Bertz CT molecular complexity index is 486. The molecule has 1 amide bonds. The van der Waals surface area contributed by atoms with Crippen LogP contribution in [0.4, 0.5) is 5.82 Å². The van der Waals surface area contributed by atoms with Gasteiger partial charge in [0.1, 0.15) is 12.4 Å². The van der Waals surface area contributed by atoms with Gasteiger partial charge in [-0.05, 0) is 19.1 Å². The van der Waals surface area contributed by atoms with E-state index in [0.29, 0.717) is 0 Å². The number of hydrogen-bond acceptors (Lipinski definition) is 5. The Hall–Kier alpha value is -2.15. The van der Waals surface area contributed by atoms with Gasteiger partial charge in [-0.25, -0.2) is 4.98 Å². The Balaban J connectivity index is 1.83. The largest absolute Gasteiger partial charge is 0.480 e. The van der Waals surface area contributed by atoms with Gasteiger partial charge in [0.25, 0.3) is 0 Å². The van der Waals surface area contributed by atoms with Gasteiger partial charge in [-0.15, -0.1) is 0 Å². The highest BCUT2D eigenvalue weighted by Crippen LogP contribution is 2.13. The quantitative estimate of drug-likeness (QED) is 0.781. The number of aliphatic carboxylic acids is 1. The van der Waals surface area contributed by atoms with Crippen LogP contribution in [0.5, 0.6) is 0 Å². The fourth-order valence-corrected chi connectivity index (χ4v) is 2.36. The van der Waals surface area contributed by atoms with Gasteiger partial charge in [0, 0.05) is 32.4 Å². The van der Waals surface area contributed by atoms with Gasteiger partial charge in [-0.1, -0.05) is 6.07 Å². The first-order valence-electron chi connectivity index (χ1n) is 6.97. The molecule has 1 atom stereocenters. The number of hydrogen-bond donors (Lipinski definition) is 2. The zero-order valence-corrected chi connectivity index (χ0v) is 12.0. The maximum Gasteiger partial charge on any atom is 0.322 e. The maximum atomic E-state index is 11.9. The molecular weight excluding hydrogens is 272 g/mol. The summed E-state index contributed by atoms with van der Waals surface area (Å²) in [6.45, 7) is 4.56. The second kappa shape index (κ2) is 7.03. The van der Waals surface area contributed by atoms with E-state index < -0.39 is 5.97 Å². The second-order valence-electron chi connectivity index (χ2n) is 5.00. The molecule has 21 heavy (non-hydrogen) atoms. The molecule has 2 heterocycles. The van der Waals surface area contributed by atoms with Crippen LogP contribution in [0.3, 0.4) is 0 Å². The summed E-state index contributed by atoms with van der Waals surface area (Å²) < 4.78 is 0. The van der Waals surface area contributed by atoms with Gasteiger partial charge >= 0.3 is 5.97 Å². The van der Waals surface area contributed by atoms with E-state index in [1.807, 2.05) is 18.2 Å². The lowest BCUT2D eigenvalue weighted by atomic mass is 10.2. The number of anilines is 1. The topological polar surface area (TPSA) is 85.8 Å². The molecule has 2 N–H and O–H groups in total. The summed E-state index contributed by atoms with van der Waals surface area (Å²) in [7, 11) is 0. The van der Waals surface area contributed by atoms with Gasteiger partial charge < -0.3 is 15.3 Å². The van der Waals surface area contributed by atoms with Crippen molar-refractivity contribution in [1.29, 1.82) is 0 Å². The molecule has 7 heteroatoms. The maximum absolute atomic E-state index is 11.9. The molecule has 7 nitrogen and oxygen atoms in total. The molecule has 0 aromatic carbocycles. The first-order valence-corrected chi connectivity index (χ1v) is 6.97. The zero-order chi connectivity index (χ0) is 15.2. The standard InChI is InChI=1S/C14H20N4O3/c1-11(14(21)16-10-13(19)20)17-6-8-18(9-7-17)12-4-2-3-5-15-12/h2-5,11H,6-10H2,1H3,(H,16,21)(H,19,20). The molecule has 1 aromatic heterocycles. The van der Waals surface area contributed by atoms with E-state index in [-0.39, 0.29) is 18.5 Å². The number of pyridine rings is 1. The smallest absolute Gasteiger partial charge is 0.322 e. The summed E-state index contributed by atoms with van der Waals surface area (Å²) in [6.07, 6.45) is 1.77. The van der Waals surface area contributed by atoms with Crippen LogP contribution < -0.4 is 10.2 Å². The number of carboxylic acid groups (broad SMARTS) is 1. The molecule has 0 aliphatic carbocycles. The van der Waals surface area contributed by atoms with Crippen LogP contribution in [0, 0.1) is 0 Å². The Morgan fingerprint density at radius 3 is 2.62 bits per heavy atom. The Kier molecular flexibility index (Phi) is 5.10. The number of carbonyl (C=O) groups is 2. The van der Waals surface area contributed by atoms with Crippen LogP contribution in [0.25, 0.3) is 0 Å². The van der Waals surface area contributed by atoms with Crippen molar-refractivity contribution in [2.45, 2.75) is 13.0 Å². The lowest BCUT2D eigenvalue weighted by Crippen LogP contribution is -2.54. The molecule has 0 radical (unpaired) electrons. The van der Waals surface area contributed by atoms with Gasteiger partial charge in [-0.3, -0.25) is 14.5 Å². The third-order valence-corrected chi connectivity index (χ3v) is 3.63. The molecule has 1 fully saturated rings. The summed E-state index contributed by atoms with van der Waals surface area (Å²) >= 11 is 0. The predicted octanol–water partition coefficient (Wildman–Crippen LogP) is -0.207. The van der Waals surface area contributed by atoms with E-state index >= 15 is 0 Å². The Labute approximate surface area is 123 Å². The predicted molar refractivity (Wildman–Crippen MR) is 78.1 cm³/mol. The van der Waals surface area contributed by atoms with Crippen LogP contribution in [0.2, 0.25) is 0 Å². The minimum Gasteiger partial charge on any atom is -0.480 e. The van der Waals surface area contributed by atoms with E-state index in [0.717, 1.165) is 32.0 Å². The van der Waals surface area contributed by atoms with Crippen molar-refractivity contribution in [2.75, 3.05) is 37.6 Å². The molecule has 0 spiro atoms. The molecule has 1 aliphatic rings. The summed E-state index contributed by atoms with van der Waals surface area (Å²) in [6, 6.07) is 5.49. The zero-order valence-electron chi connectivity index (χ0n) is 12.0. The third kappa shape index (κ3) is 4.16. The minimum atomic E-state index is -1.03. The van der Waals surface area contributed by atoms with Crippen molar-refractivity contribution in [1.82, 2.24) is 15.2 Å². The first kappa shape index (κ1) is 15.2. The Morgan fingerprint density at radius 1 is 1.33 bits per heavy atom. The van der Waals surface area contributed by atoms with Crippen LogP contribution in [-0.2, 0) is 9.59 Å². The monoisotopic (exact) mass is 292 g/mol. The average Bonchev–Trinajstić information content (AvgIpc) is 2.53. The highest BCUT2D eigenvalue weighted by atomic mass is 16.4. The van der Waals surface area contributed by atoms with E-state index in [9.17, 15) is 9.59 Å². The molecule has 114 valence electrons. The lowest BCUT2D eigenvalue weighted by Gasteiger charge is -2.37. The number of nitrogens with zero attached hydrogens (tertiary/aromatic N) is 3. The van der Waals surface area contributed by atoms with Crippen molar-refractivity contribution in [3.63, 3.8) is 0 Å². The summed E-state index contributed by atoms with van der Waals surface area (Å²) in [4.78, 5) is 30.9. The number of rotatable bonds is 5. The fraction of sp³-hybridized carbons (Fsp3) is 0.500. The summed E-state index contributed by atoms with van der Waals surface area (Å²) in [5.41, 5.74) is 0. The Morgan fingerprint density at radius 2 is 2.05 bits per heavy atom. The van der Waals surface area contributed by atoms with Crippen molar-refractivity contribution in [2.24, 2.45) is 0 Å². The molecule has 1 saturated heterocycles. The molecule has 1 unspecified atom stereocenters. The SMILES string of the molecule is CC(C(=O)NCC(=O)O)N1CCN(c2ccccn2)CC1. The number of piperazine rings is 1. The van der Waals surface area contributed by atoms with Gasteiger partial charge in [0.15, 0.2) is 0 Å². The van der Waals surface area contributed by atoms with Crippen LogP contribution in [0.1, 0.15) is 6.92 Å². The molecular formula is C14H20N4O3. The number of carbonyl (C=O) groups excluding carboxylic acids is 1. The minimum absolute atomic E-state index is 0.247. The second-order valence-corrected chi connectivity index (χ2v) is 5.00. The fourth-order valence-electron chi connectivity index (χ4n) is 2.36. The average molecular weight is 292 g/mol. The van der Waals surface area contributed by atoms with Crippen molar-refractivity contribution in [3.8, 4) is 0 Å². The van der Waals surface area contributed by atoms with Crippen molar-refractivity contribution < 1.29 is 14.7 Å². The molecule has 0 saturated carbocycles. The number of amides is 1. The highest BCUT2D eigenvalue weighted by molar-refractivity contribution is 5.84. The molecule has 0 bridgehead atoms. The highest BCUT2D eigenvalue weighted by Gasteiger charge is 2.26. The van der Waals surface area contributed by atoms with Crippen LogP contribution >= 0.6 is 0 Å². The summed E-state index contributed by atoms with van der Waals surface area (Å²) in [5, 5.41) is 11.0. The first-order chi connectivity index (χ1) is 10.1. The van der Waals surface area contributed by atoms with Crippen molar-refractivity contribution in [3.05, 3.63) is 24.4 Å². The van der Waals surface area contributed by atoms with Crippen molar-refractivity contribution >= 4 is 17.7 Å². The van der Waals surface area contributed by atoms with E-state index in [1.54, 1.807) is 13.1 Å². The van der Waals surface area contributed by atoms with Gasteiger partial charge in [0.2, 0.25) is 5.91 Å². The van der Waals surface area contributed by atoms with Gasteiger partial charge in [-0.2, -0.15) is 0 Å². The normalized spacial score (nSPS) is 17.3. The number of nitrogens with one attached hydrogen (secondary N) is 1. The third-order valence-electron chi connectivity index (χ3n) is 3.63.